The number of rotatable bonds is 8. The topological polar surface area (TPSA) is 117 Å². The van der Waals surface area contributed by atoms with Gasteiger partial charge in [0.05, 0.1) is 36.7 Å². The van der Waals surface area contributed by atoms with E-state index in [0.717, 1.165) is 0 Å². The summed E-state index contributed by atoms with van der Waals surface area (Å²) in [7, 11) is 2.85. The van der Waals surface area contributed by atoms with Gasteiger partial charge in [-0.25, -0.2) is 9.78 Å². The Morgan fingerprint density at radius 2 is 1.90 bits per heavy atom. The van der Waals surface area contributed by atoms with Crippen LogP contribution in [0.25, 0.3) is 10.9 Å². The molecular formula is C22H26N4O5. The van der Waals surface area contributed by atoms with Crippen molar-refractivity contribution in [2.24, 2.45) is 0 Å². The van der Waals surface area contributed by atoms with E-state index in [4.69, 9.17) is 9.47 Å². The SMILES string of the molecule is CCc1[nH]c(C(=O)N(CCOC)Cc2nc3ccccc3c(=O)[nH]2)c(C)c1C(=O)OC. The number of ether oxygens (including phenoxy) is 2. The minimum atomic E-state index is -0.492. The van der Waals surface area contributed by atoms with E-state index in [-0.39, 0.29) is 24.6 Å². The number of H-pyrrole nitrogens is 2. The lowest BCUT2D eigenvalue weighted by Crippen LogP contribution is -2.35. The molecule has 0 saturated carbocycles. The first kappa shape index (κ1) is 22.2. The smallest absolute Gasteiger partial charge is 0.339 e. The molecule has 0 saturated heterocycles. The summed E-state index contributed by atoms with van der Waals surface area (Å²) in [5, 5.41) is 0.483. The molecule has 9 heteroatoms. The highest BCUT2D eigenvalue weighted by molar-refractivity contribution is 6.00. The Morgan fingerprint density at radius 1 is 1.16 bits per heavy atom. The number of nitrogens with one attached hydrogen (secondary N) is 2. The van der Waals surface area contributed by atoms with Crippen molar-refractivity contribution in [1.29, 1.82) is 0 Å². The number of methoxy groups -OCH3 is 2. The van der Waals surface area contributed by atoms with Crippen LogP contribution in [0.2, 0.25) is 0 Å². The van der Waals surface area contributed by atoms with Gasteiger partial charge in [0, 0.05) is 19.3 Å². The fraction of sp³-hybridized carbons (Fsp3) is 0.364. The number of hydrogen-bond donors (Lipinski definition) is 2. The zero-order valence-electron chi connectivity index (χ0n) is 18.1. The van der Waals surface area contributed by atoms with Crippen LogP contribution in [0.5, 0.6) is 0 Å². The first-order valence-corrected chi connectivity index (χ1v) is 9.97. The number of para-hydroxylation sites is 1. The second-order valence-corrected chi connectivity index (χ2v) is 7.07. The molecule has 0 fully saturated rings. The van der Waals surface area contributed by atoms with Crippen LogP contribution in [0.1, 0.15) is 44.9 Å². The number of aromatic amines is 2. The zero-order valence-corrected chi connectivity index (χ0v) is 18.1. The molecule has 164 valence electrons. The fourth-order valence-electron chi connectivity index (χ4n) is 3.52. The number of carbonyl (C=O) groups excluding carboxylic acids is 2. The Labute approximate surface area is 179 Å². The minimum absolute atomic E-state index is 0.0791. The molecule has 0 radical (unpaired) electrons. The summed E-state index contributed by atoms with van der Waals surface area (Å²) < 4.78 is 10.0. The van der Waals surface area contributed by atoms with Crippen LogP contribution in [0, 0.1) is 6.92 Å². The molecular weight excluding hydrogens is 400 g/mol. The summed E-state index contributed by atoms with van der Waals surface area (Å²) in [6, 6.07) is 7.02. The Kier molecular flexibility index (Phi) is 6.86. The van der Waals surface area contributed by atoms with E-state index >= 15 is 0 Å². The highest BCUT2D eigenvalue weighted by Gasteiger charge is 2.27. The zero-order chi connectivity index (χ0) is 22.5. The highest BCUT2D eigenvalue weighted by atomic mass is 16.5. The molecule has 2 aromatic heterocycles. The summed E-state index contributed by atoms with van der Waals surface area (Å²) >= 11 is 0. The molecule has 0 atom stereocenters. The van der Waals surface area contributed by atoms with Gasteiger partial charge >= 0.3 is 5.97 Å². The van der Waals surface area contributed by atoms with Crippen molar-refractivity contribution in [3.8, 4) is 0 Å². The molecule has 3 aromatic rings. The summed E-state index contributed by atoms with van der Waals surface area (Å²) in [6.45, 7) is 4.25. The Hall–Kier alpha value is -3.46. The highest BCUT2D eigenvalue weighted by Crippen LogP contribution is 2.22. The van der Waals surface area contributed by atoms with Crippen molar-refractivity contribution in [2.45, 2.75) is 26.8 Å². The molecule has 0 unspecified atom stereocenters. The summed E-state index contributed by atoms with van der Waals surface area (Å²) in [5.74, 6) is -0.454. The minimum Gasteiger partial charge on any atom is -0.465 e. The lowest BCUT2D eigenvalue weighted by atomic mass is 10.1. The van der Waals surface area contributed by atoms with Gasteiger partial charge in [-0.3, -0.25) is 9.59 Å². The quantitative estimate of drug-likeness (QED) is 0.533. The number of fused-ring (bicyclic) bond motifs is 1. The molecule has 1 aromatic carbocycles. The lowest BCUT2D eigenvalue weighted by Gasteiger charge is -2.22. The summed E-state index contributed by atoms with van der Waals surface area (Å²) in [5.41, 5.74) is 2.12. The van der Waals surface area contributed by atoms with Crippen LogP contribution in [-0.4, -0.2) is 59.1 Å². The molecule has 0 bridgehead atoms. The van der Waals surface area contributed by atoms with E-state index in [9.17, 15) is 14.4 Å². The molecule has 0 aliphatic rings. The van der Waals surface area contributed by atoms with Crippen LogP contribution in [0.15, 0.2) is 29.1 Å². The first-order chi connectivity index (χ1) is 14.9. The van der Waals surface area contributed by atoms with Gasteiger partial charge in [-0.15, -0.1) is 0 Å². The van der Waals surface area contributed by atoms with Crippen LogP contribution in [0.4, 0.5) is 0 Å². The Morgan fingerprint density at radius 3 is 2.58 bits per heavy atom. The monoisotopic (exact) mass is 426 g/mol. The largest absolute Gasteiger partial charge is 0.465 e. The average molecular weight is 426 g/mol. The van der Waals surface area contributed by atoms with Gasteiger partial charge in [0.1, 0.15) is 11.5 Å². The number of esters is 1. The molecule has 0 aliphatic heterocycles. The van der Waals surface area contributed by atoms with Crippen molar-refractivity contribution in [1.82, 2.24) is 19.9 Å². The van der Waals surface area contributed by atoms with Crippen molar-refractivity contribution in [3.63, 3.8) is 0 Å². The van der Waals surface area contributed by atoms with Crippen molar-refractivity contribution in [2.75, 3.05) is 27.4 Å². The number of carbonyl (C=O) groups is 2. The normalized spacial score (nSPS) is 11.0. The molecule has 2 heterocycles. The van der Waals surface area contributed by atoms with E-state index in [1.165, 1.54) is 12.0 Å². The van der Waals surface area contributed by atoms with E-state index in [1.807, 2.05) is 6.92 Å². The van der Waals surface area contributed by atoms with Crippen LogP contribution < -0.4 is 5.56 Å². The predicted octanol–water partition coefficient (Wildman–Crippen LogP) is 2.20. The number of hydrogen-bond acceptors (Lipinski definition) is 6. The number of benzene rings is 1. The number of nitrogens with zero attached hydrogens (tertiary/aromatic N) is 2. The van der Waals surface area contributed by atoms with Crippen molar-refractivity contribution >= 4 is 22.8 Å². The van der Waals surface area contributed by atoms with Gasteiger partial charge in [0.15, 0.2) is 0 Å². The van der Waals surface area contributed by atoms with Gasteiger partial charge in [-0.1, -0.05) is 19.1 Å². The third-order valence-electron chi connectivity index (χ3n) is 5.14. The Balaban J connectivity index is 1.98. The lowest BCUT2D eigenvalue weighted by molar-refractivity contribution is 0.0599. The molecule has 3 rings (SSSR count). The van der Waals surface area contributed by atoms with Crippen molar-refractivity contribution < 1.29 is 19.1 Å². The second-order valence-electron chi connectivity index (χ2n) is 7.07. The van der Waals surface area contributed by atoms with Gasteiger partial charge in [0.25, 0.3) is 11.5 Å². The third kappa shape index (κ3) is 4.51. The maximum Gasteiger partial charge on any atom is 0.339 e. The Bertz CT molecular complexity index is 1160. The first-order valence-electron chi connectivity index (χ1n) is 9.97. The van der Waals surface area contributed by atoms with E-state index in [1.54, 1.807) is 38.3 Å². The van der Waals surface area contributed by atoms with Crippen LogP contribution in [-0.2, 0) is 22.4 Å². The maximum absolute atomic E-state index is 13.4. The molecule has 1 amide bonds. The number of aromatic nitrogens is 3. The van der Waals surface area contributed by atoms with Gasteiger partial charge < -0.3 is 24.3 Å². The molecule has 0 spiro atoms. The standard InChI is InChI=1S/C22H26N4O5/c1-5-15-18(22(29)31-4)13(2)19(24-15)21(28)26(10-11-30-3)12-17-23-16-9-7-6-8-14(16)20(27)25-17/h6-9,24H,5,10-12H2,1-4H3,(H,23,25,27). The number of amides is 1. The number of aryl methyl sites for hydroxylation is 1. The van der Waals surface area contributed by atoms with Crippen LogP contribution in [0.3, 0.4) is 0 Å². The van der Waals surface area contributed by atoms with E-state index in [2.05, 4.69) is 15.0 Å². The van der Waals surface area contributed by atoms with Gasteiger partial charge in [-0.2, -0.15) is 0 Å². The predicted molar refractivity (Wildman–Crippen MR) is 115 cm³/mol. The van der Waals surface area contributed by atoms with Gasteiger partial charge in [-0.05, 0) is 31.0 Å². The van der Waals surface area contributed by atoms with Gasteiger partial charge in [0.2, 0.25) is 0 Å². The molecule has 9 nitrogen and oxygen atoms in total. The van der Waals surface area contributed by atoms with E-state index in [0.29, 0.717) is 52.3 Å². The summed E-state index contributed by atoms with van der Waals surface area (Å²) in [4.78, 5) is 49.8. The average Bonchev–Trinajstić information content (AvgIpc) is 3.11. The molecule has 2 N–H and O–H groups in total. The fourth-order valence-corrected chi connectivity index (χ4v) is 3.52. The van der Waals surface area contributed by atoms with E-state index < -0.39 is 5.97 Å². The molecule has 0 aliphatic carbocycles. The summed E-state index contributed by atoms with van der Waals surface area (Å²) in [6.07, 6.45) is 0.538. The third-order valence-corrected chi connectivity index (χ3v) is 5.14. The van der Waals surface area contributed by atoms with Crippen molar-refractivity contribution in [3.05, 3.63) is 63.0 Å². The molecule has 31 heavy (non-hydrogen) atoms. The second kappa shape index (κ2) is 9.57. The maximum atomic E-state index is 13.4. The van der Waals surface area contributed by atoms with Crippen LogP contribution >= 0.6 is 0 Å².